The molecule has 0 aromatic carbocycles. The predicted molar refractivity (Wildman–Crippen MR) is 85.7 cm³/mol. The van der Waals surface area contributed by atoms with E-state index in [4.69, 9.17) is 15.7 Å². The third kappa shape index (κ3) is 4.34. The van der Waals surface area contributed by atoms with Crippen molar-refractivity contribution in [3.05, 3.63) is 10.4 Å². The second kappa shape index (κ2) is 8.49. The fraction of sp³-hybridized carbons (Fsp3) is 0.571. The summed E-state index contributed by atoms with van der Waals surface area (Å²) < 4.78 is 4.73. The fourth-order valence-corrected chi connectivity index (χ4v) is 2.96. The van der Waals surface area contributed by atoms with Gasteiger partial charge in [-0.15, -0.1) is 11.3 Å². The number of hydrogen-bond donors (Lipinski definition) is 2. The lowest BCUT2D eigenvalue weighted by atomic mass is 10.2. The summed E-state index contributed by atoms with van der Waals surface area (Å²) in [7, 11) is 1.30. The Balaban J connectivity index is 2.79. The van der Waals surface area contributed by atoms with E-state index in [1.54, 1.807) is 0 Å². The molecular formula is C14H22N4O2S. The molecule has 7 heteroatoms. The standard InChI is InChI=1S/C14H22N4O2S/c1-4-7-18(5-2)8-6-17-13-11(14(19)20-3)12(16)10(9-15)21-13/h17H,4-8,16H2,1-3H3. The summed E-state index contributed by atoms with van der Waals surface area (Å²) in [5.74, 6) is -0.520. The molecule has 0 amide bonds. The predicted octanol–water partition coefficient (Wildman–Crippen LogP) is 2.13. The lowest BCUT2D eigenvalue weighted by molar-refractivity contribution is 0.0603. The number of rotatable bonds is 8. The molecule has 1 aromatic rings. The summed E-state index contributed by atoms with van der Waals surface area (Å²) in [5, 5.41) is 12.8. The molecule has 0 aliphatic carbocycles. The molecule has 0 saturated carbocycles. The summed E-state index contributed by atoms with van der Waals surface area (Å²) in [6.07, 6.45) is 1.10. The number of hydrogen-bond acceptors (Lipinski definition) is 7. The summed E-state index contributed by atoms with van der Waals surface area (Å²) in [4.78, 5) is 14.4. The molecule has 1 rings (SSSR count). The topological polar surface area (TPSA) is 91.4 Å². The maximum Gasteiger partial charge on any atom is 0.343 e. The van der Waals surface area contributed by atoms with Crippen LogP contribution < -0.4 is 11.1 Å². The third-order valence-electron chi connectivity index (χ3n) is 3.14. The molecule has 0 spiro atoms. The Hall–Kier alpha value is -1.78. The van der Waals surface area contributed by atoms with Crippen LogP contribution >= 0.6 is 11.3 Å². The molecule has 0 aliphatic rings. The number of carbonyl (C=O) groups is 1. The number of nitrogens with one attached hydrogen (secondary N) is 1. The average Bonchev–Trinajstić information content (AvgIpc) is 2.81. The van der Waals surface area contributed by atoms with Crippen LogP contribution in [0.25, 0.3) is 0 Å². The molecule has 1 aromatic heterocycles. The largest absolute Gasteiger partial charge is 0.465 e. The minimum atomic E-state index is -0.520. The maximum absolute atomic E-state index is 11.8. The number of likely N-dealkylation sites (N-methyl/N-ethyl adjacent to an activating group) is 1. The highest BCUT2D eigenvalue weighted by Crippen LogP contribution is 2.35. The quantitative estimate of drug-likeness (QED) is 0.715. The zero-order valence-electron chi connectivity index (χ0n) is 12.7. The van der Waals surface area contributed by atoms with E-state index in [1.165, 1.54) is 18.4 Å². The molecule has 116 valence electrons. The van der Waals surface area contributed by atoms with Crippen LogP contribution in [0.15, 0.2) is 0 Å². The van der Waals surface area contributed by atoms with Crippen LogP contribution in [-0.4, -0.2) is 44.2 Å². The molecule has 0 bridgehead atoms. The number of esters is 1. The smallest absolute Gasteiger partial charge is 0.343 e. The van der Waals surface area contributed by atoms with E-state index in [1.807, 2.05) is 6.07 Å². The minimum Gasteiger partial charge on any atom is -0.465 e. The Morgan fingerprint density at radius 2 is 2.19 bits per heavy atom. The van der Waals surface area contributed by atoms with Crippen molar-refractivity contribution in [1.82, 2.24) is 4.90 Å². The summed E-state index contributed by atoms with van der Waals surface area (Å²) in [6, 6.07) is 2.00. The Bertz CT molecular complexity index is 522. The van der Waals surface area contributed by atoms with Crippen LogP contribution in [-0.2, 0) is 4.74 Å². The number of nitrogen functional groups attached to an aromatic ring is 1. The van der Waals surface area contributed by atoms with Crippen molar-refractivity contribution in [2.75, 3.05) is 44.3 Å². The molecule has 1 heterocycles. The van der Waals surface area contributed by atoms with E-state index in [0.29, 0.717) is 16.4 Å². The van der Waals surface area contributed by atoms with Gasteiger partial charge in [-0.05, 0) is 19.5 Å². The number of nitrogens with zero attached hydrogens (tertiary/aromatic N) is 2. The van der Waals surface area contributed by atoms with Crippen molar-refractivity contribution in [2.45, 2.75) is 20.3 Å². The number of methoxy groups -OCH3 is 1. The van der Waals surface area contributed by atoms with Crippen molar-refractivity contribution in [3.63, 3.8) is 0 Å². The zero-order chi connectivity index (χ0) is 15.8. The van der Waals surface area contributed by atoms with Crippen molar-refractivity contribution in [2.24, 2.45) is 0 Å². The van der Waals surface area contributed by atoms with Gasteiger partial charge in [-0.25, -0.2) is 4.79 Å². The molecule has 0 radical (unpaired) electrons. The number of nitriles is 1. The number of anilines is 2. The van der Waals surface area contributed by atoms with E-state index in [-0.39, 0.29) is 11.3 Å². The van der Waals surface area contributed by atoms with Crippen LogP contribution in [0, 0.1) is 11.3 Å². The van der Waals surface area contributed by atoms with Gasteiger partial charge in [0.15, 0.2) is 0 Å². The number of ether oxygens (including phenoxy) is 1. The van der Waals surface area contributed by atoms with E-state index >= 15 is 0 Å². The molecule has 6 nitrogen and oxygen atoms in total. The summed E-state index contributed by atoms with van der Waals surface area (Å²) >= 11 is 1.19. The van der Waals surface area contributed by atoms with Gasteiger partial charge in [0.05, 0.1) is 12.8 Å². The summed E-state index contributed by atoms with van der Waals surface area (Å²) in [5.41, 5.74) is 6.29. The van der Waals surface area contributed by atoms with Crippen molar-refractivity contribution in [3.8, 4) is 6.07 Å². The van der Waals surface area contributed by atoms with Crippen LogP contribution in [0.3, 0.4) is 0 Å². The van der Waals surface area contributed by atoms with Crippen LogP contribution in [0.4, 0.5) is 10.7 Å². The first-order chi connectivity index (χ1) is 10.1. The summed E-state index contributed by atoms with van der Waals surface area (Å²) in [6.45, 7) is 7.83. The van der Waals surface area contributed by atoms with E-state index in [9.17, 15) is 4.79 Å². The van der Waals surface area contributed by atoms with Gasteiger partial charge in [0.1, 0.15) is 21.5 Å². The molecule has 0 unspecified atom stereocenters. The van der Waals surface area contributed by atoms with Gasteiger partial charge in [-0.2, -0.15) is 5.26 Å². The first-order valence-electron chi connectivity index (χ1n) is 6.95. The van der Waals surface area contributed by atoms with Gasteiger partial charge in [0.2, 0.25) is 0 Å². The average molecular weight is 310 g/mol. The van der Waals surface area contributed by atoms with Gasteiger partial charge < -0.3 is 20.7 Å². The van der Waals surface area contributed by atoms with Crippen molar-refractivity contribution in [1.29, 1.82) is 5.26 Å². The second-order valence-electron chi connectivity index (χ2n) is 4.51. The highest BCUT2D eigenvalue weighted by Gasteiger charge is 2.22. The fourth-order valence-electron chi connectivity index (χ4n) is 2.03. The SMILES string of the molecule is CCCN(CC)CCNc1sc(C#N)c(N)c1C(=O)OC. The first kappa shape index (κ1) is 17.3. The van der Waals surface area contributed by atoms with Crippen LogP contribution in [0.5, 0.6) is 0 Å². The Labute approximate surface area is 129 Å². The van der Waals surface area contributed by atoms with Gasteiger partial charge in [-0.3, -0.25) is 0 Å². The first-order valence-corrected chi connectivity index (χ1v) is 7.77. The molecule has 3 N–H and O–H groups in total. The Morgan fingerprint density at radius 1 is 1.48 bits per heavy atom. The number of carbonyl (C=O) groups excluding carboxylic acids is 1. The molecular weight excluding hydrogens is 288 g/mol. The van der Waals surface area contributed by atoms with Crippen molar-refractivity contribution >= 4 is 28.0 Å². The van der Waals surface area contributed by atoms with Crippen LogP contribution in [0.2, 0.25) is 0 Å². The molecule has 0 atom stereocenters. The lowest BCUT2D eigenvalue weighted by Crippen LogP contribution is -2.29. The van der Waals surface area contributed by atoms with Gasteiger partial charge in [0.25, 0.3) is 0 Å². The van der Waals surface area contributed by atoms with Gasteiger partial charge >= 0.3 is 5.97 Å². The third-order valence-corrected chi connectivity index (χ3v) is 4.20. The van der Waals surface area contributed by atoms with E-state index in [0.717, 1.165) is 26.1 Å². The number of nitrogens with two attached hydrogens (primary N) is 1. The molecule has 0 aliphatic heterocycles. The molecule has 0 fully saturated rings. The highest BCUT2D eigenvalue weighted by molar-refractivity contribution is 7.17. The van der Waals surface area contributed by atoms with Gasteiger partial charge in [-0.1, -0.05) is 13.8 Å². The zero-order valence-corrected chi connectivity index (χ0v) is 13.5. The Kier molecular flexibility index (Phi) is 6.99. The second-order valence-corrected chi connectivity index (χ2v) is 5.53. The monoisotopic (exact) mass is 310 g/mol. The van der Waals surface area contributed by atoms with Gasteiger partial charge in [0, 0.05) is 13.1 Å². The number of thiophene rings is 1. The van der Waals surface area contributed by atoms with E-state index < -0.39 is 5.97 Å². The maximum atomic E-state index is 11.8. The minimum absolute atomic E-state index is 0.192. The lowest BCUT2D eigenvalue weighted by Gasteiger charge is -2.19. The van der Waals surface area contributed by atoms with Crippen molar-refractivity contribution < 1.29 is 9.53 Å². The highest BCUT2D eigenvalue weighted by atomic mass is 32.1. The molecule has 21 heavy (non-hydrogen) atoms. The normalized spacial score (nSPS) is 10.4. The van der Waals surface area contributed by atoms with Crippen LogP contribution in [0.1, 0.15) is 35.5 Å². The van der Waals surface area contributed by atoms with E-state index in [2.05, 4.69) is 24.1 Å². The Morgan fingerprint density at radius 3 is 2.71 bits per heavy atom. The molecule has 0 saturated heterocycles.